The van der Waals surface area contributed by atoms with Crippen LogP contribution in [0.25, 0.3) is 0 Å². The Bertz CT molecular complexity index is 933. The molecule has 1 unspecified atom stereocenters. The highest BCUT2D eigenvalue weighted by molar-refractivity contribution is 6.11. The third-order valence-corrected chi connectivity index (χ3v) is 4.15. The summed E-state index contributed by atoms with van der Waals surface area (Å²) in [5.74, 6) is -3.22. The van der Waals surface area contributed by atoms with Crippen molar-refractivity contribution in [3.8, 4) is 0 Å². The number of carbonyl (C=O) groups is 3. The number of imide groups is 1. The van der Waals surface area contributed by atoms with Crippen molar-refractivity contribution in [3.05, 3.63) is 66.0 Å². The monoisotopic (exact) mass is 395 g/mol. The molecule has 3 rings (SSSR count). The van der Waals surface area contributed by atoms with Crippen molar-refractivity contribution >= 4 is 23.5 Å². The highest BCUT2D eigenvalue weighted by Gasteiger charge is 2.68. The number of nitrogens with zero attached hydrogens (tertiary/aromatic N) is 1. The van der Waals surface area contributed by atoms with Gasteiger partial charge in [-0.15, -0.1) is 0 Å². The predicted octanol–water partition coefficient (Wildman–Crippen LogP) is 2.77. The molecule has 0 aliphatic carbocycles. The Kier molecular flexibility index (Phi) is 4.80. The van der Waals surface area contributed by atoms with Gasteiger partial charge >= 0.3 is 12.2 Å². The van der Waals surface area contributed by atoms with Gasteiger partial charge in [0.05, 0.1) is 0 Å². The molecule has 146 valence electrons. The summed E-state index contributed by atoms with van der Waals surface area (Å²) in [4.78, 5) is 37.0. The molecular weight excluding hydrogens is 382 g/mol. The zero-order valence-electron chi connectivity index (χ0n) is 14.1. The maximum Gasteiger partial charge on any atom is 0.425 e. The van der Waals surface area contributed by atoms with Gasteiger partial charge in [0.25, 0.3) is 5.91 Å². The summed E-state index contributed by atoms with van der Waals surface area (Å²) in [6.45, 7) is -0.966. The van der Waals surface area contributed by atoms with Crippen LogP contribution in [-0.4, -0.2) is 35.5 Å². The number of carbonyl (C=O) groups excluding carboxylic acids is 3. The van der Waals surface area contributed by atoms with Gasteiger partial charge < -0.3 is 10.6 Å². The standard InChI is InChI=1S/C18H13F4N3O3/c19-12-7-4-8-13(9-12)23-14(26)10-25-15(27)17(18(20,21)22,24-16(25)28)11-5-2-1-3-6-11/h1-9H,10H2,(H,23,26)(H,24,28). The molecule has 0 spiro atoms. The molecule has 1 aliphatic heterocycles. The number of hydrogen-bond acceptors (Lipinski definition) is 3. The highest BCUT2D eigenvalue weighted by atomic mass is 19.4. The first-order chi connectivity index (χ1) is 13.1. The Morgan fingerprint density at radius 3 is 2.36 bits per heavy atom. The smallest absolute Gasteiger partial charge is 0.324 e. The molecule has 10 heteroatoms. The average Bonchev–Trinajstić information content (AvgIpc) is 2.88. The molecular formula is C18H13F4N3O3. The van der Waals surface area contributed by atoms with Crippen molar-refractivity contribution in [2.45, 2.75) is 11.7 Å². The number of nitrogens with one attached hydrogen (secondary N) is 2. The second-order valence-electron chi connectivity index (χ2n) is 5.99. The first-order valence-electron chi connectivity index (χ1n) is 7.97. The van der Waals surface area contributed by atoms with Crippen LogP contribution in [-0.2, 0) is 15.1 Å². The van der Waals surface area contributed by atoms with Crippen molar-refractivity contribution in [2.75, 3.05) is 11.9 Å². The van der Waals surface area contributed by atoms with E-state index in [2.05, 4.69) is 5.32 Å². The van der Waals surface area contributed by atoms with E-state index in [1.54, 1.807) is 5.32 Å². The molecule has 2 aromatic rings. The minimum absolute atomic E-state index is 0.0298. The highest BCUT2D eigenvalue weighted by Crippen LogP contribution is 2.43. The molecule has 0 bridgehead atoms. The topological polar surface area (TPSA) is 78.5 Å². The lowest BCUT2D eigenvalue weighted by atomic mass is 9.89. The van der Waals surface area contributed by atoms with E-state index < -0.39 is 47.5 Å². The summed E-state index contributed by atoms with van der Waals surface area (Å²) in [6, 6.07) is 9.56. The summed E-state index contributed by atoms with van der Waals surface area (Å²) in [5.41, 5.74) is -3.74. The van der Waals surface area contributed by atoms with Crippen LogP contribution in [0, 0.1) is 5.82 Å². The molecule has 1 aliphatic rings. The number of rotatable bonds is 4. The van der Waals surface area contributed by atoms with Gasteiger partial charge in [0.1, 0.15) is 12.4 Å². The van der Waals surface area contributed by atoms with Gasteiger partial charge in [-0.05, 0) is 23.8 Å². The Hall–Kier alpha value is -3.43. The summed E-state index contributed by atoms with van der Waals surface area (Å²) < 4.78 is 54.6. The summed E-state index contributed by atoms with van der Waals surface area (Å²) >= 11 is 0. The fourth-order valence-corrected chi connectivity index (χ4v) is 2.87. The van der Waals surface area contributed by atoms with Crippen LogP contribution in [0.5, 0.6) is 0 Å². The van der Waals surface area contributed by atoms with Crippen LogP contribution in [0.2, 0.25) is 0 Å². The normalized spacial score (nSPS) is 19.5. The van der Waals surface area contributed by atoms with Crippen LogP contribution in [0.1, 0.15) is 5.56 Å². The van der Waals surface area contributed by atoms with E-state index in [1.165, 1.54) is 30.3 Å². The number of anilines is 1. The lowest BCUT2D eigenvalue weighted by Crippen LogP contribution is -2.55. The van der Waals surface area contributed by atoms with Crippen LogP contribution in [0.4, 0.5) is 28.0 Å². The number of urea groups is 1. The minimum atomic E-state index is -5.14. The Labute approximate surface area is 156 Å². The number of halogens is 4. The largest absolute Gasteiger partial charge is 0.425 e. The van der Waals surface area contributed by atoms with Crippen molar-refractivity contribution in [1.82, 2.24) is 10.2 Å². The first kappa shape index (κ1) is 19.3. The zero-order chi connectivity index (χ0) is 20.5. The van der Waals surface area contributed by atoms with Gasteiger partial charge in [-0.1, -0.05) is 36.4 Å². The van der Waals surface area contributed by atoms with Gasteiger partial charge in [-0.2, -0.15) is 13.2 Å². The van der Waals surface area contributed by atoms with E-state index in [4.69, 9.17) is 0 Å². The second kappa shape index (κ2) is 6.95. The lowest BCUT2D eigenvalue weighted by molar-refractivity contribution is -0.198. The molecule has 1 fully saturated rings. The molecule has 2 N–H and O–H groups in total. The van der Waals surface area contributed by atoms with Gasteiger partial charge in [0.15, 0.2) is 0 Å². The van der Waals surface area contributed by atoms with Crippen molar-refractivity contribution in [2.24, 2.45) is 0 Å². The molecule has 2 aromatic carbocycles. The van der Waals surface area contributed by atoms with Gasteiger partial charge in [0.2, 0.25) is 11.4 Å². The SMILES string of the molecule is O=C(CN1C(=O)NC(c2ccccc2)(C(F)(F)F)C1=O)Nc1cccc(F)c1. The van der Waals surface area contributed by atoms with E-state index >= 15 is 0 Å². The fourth-order valence-electron chi connectivity index (χ4n) is 2.87. The Balaban J connectivity index is 1.87. The maximum absolute atomic E-state index is 13.8. The van der Waals surface area contributed by atoms with Crippen LogP contribution >= 0.6 is 0 Å². The quantitative estimate of drug-likeness (QED) is 0.617. The van der Waals surface area contributed by atoms with Crippen molar-refractivity contribution in [1.29, 1.82) is 0 Å². The summed E-state index contributed by atoms with van der Waals surface area (Å²) in [7, 11) is 0. The fraction of sp³-hybridized carbons (Fsp3) is 0.167. The number of benzene rings is 2. The lowest BCUT2D eigenvalue weighted by Gasteiger charge is -2.29. The molecule has 0 radical (unpaired) electrons. The average molecular weight is 395 g/mol. The van der Waals surface area contributed by atoms with Crippen LogP contribution in [0.15, 0.2) is 54.6 Å². The van der Waals surface area contributed by atoms with Gasteiger partial charge in [-0.25, -0.2) is 9.18 Å². The first-order valence-corrected chi connectivity index (χ1v) is 7.97. The zero-order valence-corrected chi connectivity index (χ0v) is 14.1. The molecule has 0 saturated carbocycles. The molecule has 1 saturated heterocycles. The third kappa shape index (κ3) is 3.28. The van der Waals surface area contributed by atoms with E-state index in [0.29, 0.717) is 0 Å². The molecule has 1 heterocycles. The summed E-state index contributed by atoms with van der Waals surface area (Å²) in [5, 5.41) is 3.90. The van der Waals surface area contributed by atoms with Crippen LogP contribution < -0.4 is 10.6 Å². The van der Waals surface area contributed by atoms with E-state index in [-0.39, 0.29) is 10.6 Å². The number of amides is 4. The van der Waals surface area contributed by atoms with Gasteiger partial charge in [-0.3, -0.25) is 14.5 Å². The molecule has 6 nitrogen and oxygen atoms in total. The minimum Gasteiger partial charge on any atom is -0.324 e. The Morgan fingerprint density at radius 2 is 1.75 bits per heavy atom. The van der Waals surface area contributed by atoms with E-state index in [1.807, 2.05) is 0 Å². The second-order valence-corrected chi connectivity index (χ2v) is 5.99. The van der Waals surface area contributed by atoms with E-state index in [9.17, 15) is 31.9 Å². The molecule has 1 atom stereocenters. The molecule has 4 amide bonds. The van der Waals surface area contributed by atoms with Crippen molar-refractivity contribution in [3.63, 3.8) is 0 Å². The maximum atomic E-state index is 13.8. The van der Waals surface area contributed by atoms with Gasteiger partial charge in [0, 0.05) is 5.69 Å². The Morgan fingerprint density at radius 1 is 1.07 bits per heavy atom. The third-order valence-electron chi connectivity index (χ3n) is 4.15. The molecule has 28 heavy (non-hydrogen) atoms. The van der Waals surface area contributed by atoms with Crippen LogP contribution in [0.3, 0.4) is 0 Å². The number of hydrogen-bond donors (Lipinski definition) is 2. The molecule has 0 aromatic heterocycles. The number of alkyl halides is 3. The summed E-state index contributed by atoms with van der Waals surface area (Å²) in [6.07, 6.45) is -5.14. The van der Waals surface area contributed by atoms with Crippen molar-refractivity contribution < 1.29 is 31.9 Å². The predicted molar refractivity (Wildman–Crippen MR) is 89.4 cm³/mol. The van der Waals surface area contributed by atoms with E-state index in [0.717, 1.165) is 24.3 Å².